The number of phenols is 1. The Balaban J connectivity index is 2.01. The van der Waals surface area contributed by atoms with E-state index in [1.54, 1.807) is 24.3 Å². The van der Waals surface area contributed by atoms with Crippen LogP contribution in [0, 0.1) is 0 Å². The van der Waals surface area contributed by atoms with Crippen LogP contribution in [-0.4, -0.2) is 23.2 Å². The number of phenolic OH excluding ortho intramolecular Hbond substituents is 1. The molecule has 0 heterocycles. The zero-order chi connectivity index (χ0) is 15.5. The lowest BCUT2D eigenvalue weighted by atomic mass is 10.2. The van der Waals surface area contributed by atoms with Gasteiger partial charge in [0.15, 0.2) is 0 Å². The highest BCUT2D eigenvalue weighted by molar-refractivity contribution is 7.98. The third-order valence-corrected chi connectivity index (χ3v) is 4.71. The number of aliphatic hydroxyl groups excluding tert-OH is 1. The largest absolute Gasteiger partial charge is 0.508 e. The third-order valence-electron chi connectivity index (χ3n) is 2.79. The van der Waals surface area contributed by atoms with Crippen LogP contribution in [0.2, 0.25) is 0 Å². The van der Waals surface area contributed by atoms with Crippen LogP contribution in [0.5, 0.6) is 5.75 Å². The third kappa shape index (κ3) is 4.47. The molecular weight excluding hydrogens is 312 g/mol. The molecule has 0 aliphatic rings. The van der Waals surface area contributed by atoms with E-state index in [-0.39, 0.29) is 11.3 Å². The molecular formula is C14H14O5S2. The molecule has 0 amide bonds. The summed E-state index contributed by atoms with van der Waals surface area (Å²) in [5, 5.41) is 18.6. The van der Waals surface area contributed by atoms with Crippen molar-refractivity contribution in [3.63, 3.8) is 0 Å². The van der Waals surface area contributed by atoms with Crippen molar-refractivity contribution >= 4 is 21.9 Å². The van der Waals surface area contributed by atoms with Crippen molar-refractivity contribution in [1.29, 1.82) is 0 Å². The Labute approximate surface area is 127 Å². The number of thioether (sulfide) groups is 1. The van der Waals surface area contributed by atoms with Crippen molar-refractivity contribution < 1.29 is 23.2 Å². The number of hydrogen-bond acceptors (Lipinski definition) is 5. The lowest BCUT2D eigenvalue weighted by Crippen LogP contribution is -2.10. The van der Waals surface area contributed by atoms with Gasteiger partial charge in [-0.25, -0.2) is 0 Å². The maximum atomic E-state index is 10.8. The smallest absolute Gasteiger partial charge is 0.296 e. The summed E-state index contributed by atoms with van der Waals surface area (Å²) in [6.45, 7) is 0. The fourth-order valence-electron chi connectivity index (χ4n) is 1.66. The van der Waals surface area contributed by atoms with Crippen LogP contribution in [-0.2, 0) is 15.9 Å². The fourth-order valence-corrected chi connectivity index (χ4v) is 3.01. The molecule has 1 atom stereocenters. The first-order valence-corrected chi connectivity index (χ1v) is 8.50. The van der Waals surface area contributed by atoms with Gasteiger partial charge in [-0.3, -0.25) is 4.55 Å². The second-order valence-electron chi connectivity index (χ2n) is 4.39. The molecule has 0 fully saturated rings. The second-order valence-corrected chi connectivity index (χ2v) is 6.92. The van der Waals surface area contributed by atoms with E-state index >= 15 is 0 Å². The summed E-state index contributed by atoms with van der Waals surface area (Å²) in [6, 6.07) is 13.1. The van der Waals surface area contributed by atoms with Gasteiger partial charge < -0.3 is 10.2 Å². The van der Waals surface area contributed by atoms with E-state index < -0.39 is 15.6 Å². The van der Waals surface area contributed by atoms with Gasteiger partial charge in [0.05, 0.1) is 0 Å². The molecule has 0 aliphatic carbocycles. The van der Waals surface area contributed by atoms with E-state index in [2.05, 4.69) is 0 Å². The van der Waals surface area contributed by atoms with Crippen molar-refractivity contribution in [3.05, 3.63) is 59.7 Å². The first-order valence-electron chi connectivity index (χ1n) is 6.01. The maximum Gasteiger partial charge on any atom is 0.296 e. The van der Waals surface area contributed by atoms with Crippen LogP contribution < -0.4 is 0 Å². The molecule has 7 heteroatoms. The Kier molecular flexibility index (Phi) is 4.89. The van der Waals surface area contributed by atoms with Crippen molar-refractivity contribution in [3.8, 4) is 5.75 Å². The molecule has 2 rings (SSSR count). The number of benzene rings is 2. The summed E-state index contributed by atoms with van der Waals surface area (Å²) >= 11 is 1.53. The van der Waals surface area contributed by atoms with E-state index in [9.17, 15) is 18.6 Å². The summed E-state index contributed by atoms with van der Waals surface area (Å²) in [7, 11) is -4.50. The second kappa shape index (κ2) is 6.48. The van der Waals surface area contributed by atoms with Crippen LogP contribution in [0.15, 0.2) is 53.4 Å². The molecule has 0 bridgehead atoms. The zero-order valence-electron chi connectivity index (χ0n) is 10.9. The molecule has 0 aliphatic heterocycles. The van der Waals surface area contributed by atoms with Crippen LogP contribution in [0.1, 0.15) is 16.6 Å². The van der Waals surface area contributed by atoms with Crippen LogP contribution in [0.3, 0.4) is 0 Å². The molecule has 21 heavy (non-hydrogen) atoms. The SMILES string of the molecule is O=S(=O)(O)C(O)c1ccc(SCc2ccc(O)cc2)cc1. The summed E-state index contributed by atoms with van der Waals surface area (Å²) < 4.78 is 30.4. The van der Waals surface area contributed by atoms with Gasteiger partial charge in [-0.1, -0.05) is 24.3 Å². The Morgan fingerprint density at radius 2 is 1.57 bits per heavy atom. The molecule has 1 unspecified atom stereocenters. The quantitative estimate of drug-likeness (QED) is 0.577. The van der Waals surface area contributed by atoms with E-state index in [1.807, 2.05) is 12.1 Å². The highest BCUT2D eigenvalue weighted by atomic mass is 32.2. The van der Waals surface area contributed by atoms with Gasteiger partial charge in [0.2, 0.25) is 5.44 Å². The Morgan fingerprint density at radius 3 is 2.10 bits per heavy atom. The van der Waals surface area contributed by atoms with Gasteiger partial charge in [-0.15, -0.1) is 11.8 Å². The summed E-state index contributed by atoms with van der Waals surface area (Å²) in [4.78, 5) is 0.898. The van der Waals surface area contributed by atoms with Gasteiger partial charge in [0.1, 0.15) is 5.75 Å². The minimum atomic E-state index is -4.50. The lowest BCUT2D eigenvalue weighted by molar-refractivity contribution is 0.238. The number of rotatable bonds is 5. The first kappa shape index (κ1) is 15.8. The first-order chi connectivity index (χ1) is 9.86. The minimum absolute atomic E-state index is 0.117. The van der Waals surface area contributed by atoms with Crippen molar-refractivity contribution in [2.45, 2.75) is 16.1 Å². The summed E-state index contributed by atoms with van der Waals surface area (Å²) in [5.41, 5.74) is -0.764. The molecule has 2 aromatic carbocycles. The van der Waals surface area contributed by atoms with Gasteiger partial charge in [0, 0.05) is 10.6 Å². The van der Waals surface area contributed by atoms with Gasteiger partial charge in [-0.05, 0) is 35.4 Å². The number of aromatic hydroxyl groups is 1. The average Bonchev–Trinajstić information content (AvgIpc) is 2.45. The molecule has 0 radical (unpaired) electrons. The van der Waals surface area contributed by atoms with Crippen LogP contribution in [0.25, 0.3) is 0 Å². The van der Waals surface area contributed by atoms with Crippen molar-refractivity contribution in [1.82, 2.24) is 0 Å². The molecule has 112 valence electrons. The Morgan fingerprint density at radius 1 is 1.00 bits per heavy atom. The highest BCUT2D eigenvalue weighted by Gasteiger charge is 2.21. The van der Waals surface area contributed by atoms with E-state index in [0.717, 1.165) is 10.5 Å². The normalized spacial score (nSPS) is 13.0. The summed E-state index contributed by atoms with van der Waals surface area (Å²) in [5.74, 6) is 0.910. The molecule has 2 aromatic rings. The predicted octanol–water partition coefficient (Wildman–Crippen LogP) is 2.56. The van der Waals surface area contributed by atoms with Crippen LogP contribution in [0.4, 0.5) is 0 Å². The predicted molar refractivity (Wildman–Crippen MR) is 80.6 cm³/mol. The number of aliphatic hydroxyl groups is 1. The molecule has 3 N–H and O–H groups in total. The van der Waals surface area contributed by atoms with E-state index in [1.165, 1.54) is 23.9 Å². The monoisotopic (exact) mass is 326 g/mol. The zero-order valence-corrected chi connectivity index (χ0v) is 12.5. The highest BCUT2D eigenvalue weighted by Crippen LogP contribution is 2.26. The van der Waals surface area contributed by atoms with Gasteiger partial charge >= 0.3 is 0 Å². The Bertz CT molecular complexity index is 693. The number of hydrogen-bond donors (Lipinski definition) is 3. The molecule has 0 spiro atoms. The van der Waals surface area contributed by atoms with E-state index in [4.69, 9.17) is 4.55 Å². The average molecular weight is 326 g/mol. The van der Waals surface area contributed by atoms with E-state index in [0.29, 0.717) is 5.75 Å². The Hall–Kier alpha value is -1.54. The van der Waals surface area contributed by atoms with Crippen LogP contribution >= 0.6 is 11.8 Å². The molecule has 5 nitrogen and oxygen atoms in total. The summed E-state index contributed by atoms with van der Waals surface area (Å²) in [6.07, 6.45) is 0. The minimum Gasteiger partial charge on any atom is -0.508 e. The van der Waals surface area contributed by atoms with Gasteiger partial charge in [-0.2, -0.15) is 8.42 Å². The maximum absolute atomic E-state index is 10.8. The molecule has 0 aromatic heterocycles. The van der Waals surface area contributed by atoms with Crippen molar-refractivity contribution in [2.24, 2.45) is 0 Å². The lowest BCUT2D eigenvalue weighted by Gasteiger charge is -2.08. The van der Waals surface area contributed by atoms with Crippen molar-refractivity contribution in [2.75, 3.05) is 0 Å². The van der Waals surface area contributed by atoms with Gasteiger partial charge in [0.25, 0.3) is 10.1 Å². The standard InChI is InChI=1S/C14H14O5S2/c15-12-5-1-10(2-6-12)9-20-13-7-3-11(4-8-13)14(16)21(17,18)19/h1-8,14-16H,9H2,(H,17,18,19). The molecule has 0 saturated heterocycles. The fraction of sp³-hybridized carbons (Fsp3) is 0.143. The topological polar surface area (TPSA) is 94.8 Å². The molecule has 0 saturated carbocycles.